The lowest BCUT2D eigenvalue weighted by molar-refractivity contribution is 0.276. The molecule has 2 rings (SSSR count). The Morgan fingerprint density at radius 1 is 1.50 bits per heavy atom. The van der Waals surface area contributed by atoms with Crippen molar-refractivity contribution in [2.45, 2.75) is 6.04 Å². The van der Waals surface area contributed by atoms with Crippen LogP contribution in [-0.4, -0.2) is 16.7 Å². The van der Waals surface area contributed by atoms with Crippen molar-refractivity contribution in [2.75, 3.05) is 11.9 Å². The minimum absolute atomic E-state index is 0.0278. The first kappa shape index (κ1) is 11.6. The van der Waals surface area contributed by atoms with E-state index in [9.17, 15) is 5.11 Å². The Balaban J connectivity index is 2.13. The fraction of sp³-hybridized carbons (Fsp3) is 0.182. The lowest BCUT2D eigenvalue weighted by atomic mass is 10.2. The van der Waals surface area contributed by atoms with Gasteiger partial charge in [0.2, 0.25) is 0 Å². The molecule has 16 heavy (non-hydrogen) atoms. The zero-order chi connectivity index (χ0) is 11.4. The van der Waals surface area contributed by atoms with Gasteiger partial charge < -0.3 is 10.4 Å². The van der Waals surface area contributed by atoms with Crippen LogP contribution in [0.3, 0.4) is 0 Å². The molecule has 0 aliphatic heterocycles. The number of thiazole rings is 1. The summed E-state index contributed by atoms with van der Waals surface area (Å²) in [7, 11) is 0. The molecule has 5 heteroatoms. The van der Waals surface area contributed by atoms with E-state index in [1.165, 1.54) is 11.3 Å². The van der Waals surface area contributed by atoms with Crippen LogP contribution in [0, 0.1) is 0 Å². The molecule has 0 spiro atoms. The maximum Gasteiger partial charge on any atom is 0.117 e. The van der Waals surface area contributed by atoms with E-state index in [2.05, 4.69) is 26.2 Å². The van der Waals surface area contributed by atoms with Crippen molar-refractivity contribution in [3.63, 3.8) is 0 Å². The predicted octanol–water partition coefficient (Wildman–Crippen LogP) is 3.05. The van der Waals surface area contributed by atoms with E-state index in [0.29, 0.717) is 0 Å². The Morgan fingerprint density at radius 2 is 2.38 bits per heavy atom. The summed E-state index contributed by atoms with van der Waals surface area (Å²) in [6.07, 6.45) is 1.74. The van der Waals surface area contributed by atoms with E-state index in [1.807, 2.05) is 29.6 Å². The van der Waals surface area contributed by atoms with Gasteiger partial charge in [-0.05, 0) is 18.2 Å². The number of aliphatic hydroxyl groups excluding tert-OH is 1. The molecule has 1 aromatic heterocycles. The average Bonchev–Trinajstić information content (AvgIpc) is 2.79. The summed E-state index contributed by atoms with van der Waals surface area (Å²) in [6, 6.07) is 7.69. The van der Waals surface area contributed by atoms with Gasteiger partial charge in [0, 0.05) is 21.7 Å². The summed E-state index contributed by atoms with van der Waals surface area (Å²) in [5.74, 6) is 0. The zero-order valence-electron chi connectivity index (χ0n) is 8.43. The Morgan fingerprint density at radius 3 is 3.00 bits per heavy atom. The molecule has 1 unspecified atom stereocenters. The molecule has 2 aromatic rings. The summed E-state index contributed by atoms with van der Waals surface area (Å²) in [5.41, 5.74) is 0.962. The van der Waals surface area contributed by atoms with Crippen molar-refractivity contribution in [1.29, 1.82) is 0 Å². The van der Waals surface area contributed by atoms with Crippen molar-refractivity contribution in [2.24, 2.45) is 0 Å². The molecule has 0 saturated carbocycles. The van der Waals surface area contributed by atoms with Gasteiger partial charge in [0.15, 0.2) is 0 Å². The molecule has 0 amide bonds. The van der Waals surface area contributed by atoms with E-state index >= 15 is 0 Å². The topological polar surface area (TPSA) is 45.1 Å². The fourth-order valence-corrected chi connectivity index (χ4v) is 2.45. The minimum Gasteiger partial charge on any atom is -0.394 e. The first-order chi connectivity index (χ1) is 7.79. The Labute approximate surface area is 106 Å². The third-order valence-corrected chi connectivity index (χ3v) is 3.48. The smallest absolute Gasteiger partial charge is 0.117 e. The van der Waals surface area contributed by atoms with E-state index in [-0.39, 0.29) is 12.6 Å². The molecule has 1 aromatic carbocycles. The molecule has 0 saturated heterocycles. The van der Waals surface area contributed by atoms with Gasteiger partial charge in [-0.1, -0.05) is 22.0 Å². The Hall–Kier alpha value is -0.910. The summed E-state index contributed by atoms with van der Waals surface area (Å²) in [4.78, 5) is 4.19. The minimum atomic E-state index is -0.144. The highest BCUT2D eigenvalue weighted by Gasteiger charge is 2.12. The number of benzene rings is 1. The van der Waals surface area contributed by atoms with Gasteiger partial charge >= 0.3 is 0 Å². The van der Waals surface area contributed by atoms with Gasteiger partial charge in [-0.3, -0.25) is 0 Å². The van der Waals surface area contributed by atoms with Crippen molar-refractivity contribution < 1.29 is 5.11 Å². The number of nitrogens with one attached hydrogen (secondary N) is 1. The number of aromatic nitrogens is 1. The molecule has 0 bridgehead atoms. The third-order valence-electron chi connectivity index (χ3n) is 2.10. The summed E-state index contributed by atoms with van der Waals surface area (Å²) < 4.78 is 1.01. The number of hydrogen-bond acceptors (Lipinski definition) is 4. The molecular weight excluding hydrogens is 288 g/mol. The number of rotatable bonds is 4. The highest BCUT2D eigenvalue weighted by molar-refractivity contribution is 9.10. The van der Waals surface area contributed by atoms with Gasteiger partial charge in [0.05, 0.1) is 6.61 Å². The van der Waals surface area contributed by atoms with Gasteiger partial charge in [-0.2, -0.15) is 0 Å². The predicted molar refractivity (Wildman–Crippen MR) is 69.7 cm³/mol. The van der Waals surface area contributed by atoms with Gasteiger partial charge in [-0.25, -0.2) is 4.98 Å². The largest absolute Gasteiger partial charge is 0.394 e. The number of anilines is 1. The van der Waals surface area contributed by atoms with Crippen LogP contribution in [0.25, 0.3) is 0 Å². The molecule has 0 aliphatic rings. The van der Waals surface area contributed by atoms with Crippen LogP contribution in [0.4, 0.5) is 5.69 Å². The monoisotopic (exact) mass is 298 g/mol. The maximum atomic E-state index is 9.32. The number of halogens is 1. The zero-order valence-corrected chi connectivity index (χ0v) is 10.8. The molecule has 0 radical (unpaired) electrons. The SMILES string of the molecule is OCC(Nc1cccc(Br)c1)c1nccs1. The average molecular weight is 299 g/mol. The van der Waals surface area contributed by atoms with Crippen LogP contribution >= 0.6 is 27.3 Å². The van der Waals surface area contributed by atoms with E-state index in [1.54, 1.807) is 6.20 Å². The standard InChI is InChI=1S/C11H11BrN2OS/c12-8-2-1-3-9(6-8)14-10(7-15)11-13-4-5-16-11/h1-6,10,14-15H,7H2. The van der Waals surface area contributed by atoms with Gasteiger partial charge in [0.1, 0.15) is 11.0 Å². The first-order valence-electron chi connectivity index (χ1n) is 4.82. The van der Waals surface area contributed by atoms with Crippen molar-refractivity contribution in [1.82, 2.24) is 4.98 Å². The highest BCUT2D eigenvalue weighted by Crippen LogP contribution is 2.23. The van der Waals surface area contributed by atoms with Gasteiger partial charge in [0.25, 0.3) is 0 Å². The number of aliphatic hydroxyl groups is 1. The molecule has 1 heterocycles. The highest BCUT2D eigenvalue weighted by atomic mass is 79.9. The molecule has 2 N–H and O–H groups in total. The van der Waals surface area contributed by atoms with E-state index < -0.39 is 0 Å². The Bertz CT molecular complexity index is 447. The van der Waals surface area contributed by atoms with Crippen LogP contribution in [0.2, 0.25) is 0 Å². The van der Waals surface area contributed by atoms with E-state index in [0.717, 1.165) is 15.2 Å². The summed E-state index contributed by atoms with van der Waals surface area (Å²) in [5, 5.41) is 15.4. The summed E-state index contributed by atoms with van der Waals surface area (Å²) >= 11 is 4.94. The van der Waals surface area contributed by atoms with Crippen LogP contribution in [0.5, 0.6) is 0 Å². The number of nitrogens with zero attached hydrogens (tertiary/aromatic N) is 1. The van der Waals surface area contributed by atoms with Crippen LogP contribution in [-0.2, 0) is 0 Å². The van der Waals surface area contributed by atoms with Crippen molar-refractivity contribution in [3.8, 4) is 0 Å². The van der Waals surface area contributed by atoms with Crippen LogP contribution in [0.1, 0.15) is 11.0 Å². The molecule has 1 atom stereocenters. The molecular formula is C11H11BrN2OS. The Kier molecular flexibility index (Phi) is 3.93. The second-order valence-electron chi connectivity index (χ2n) is 3.26. The molecule has 0 aliphatic carbocycles. The van der Waals surface area contributed by atoms with Crippen LogP contribution in [0.15, 0.2) is 40.3 Å². The summed E-state index contributed by atoms with van der Waals surface area (Å²) in [6.45, 7) is 0.0278. The molecule has 84 valence electrons. The quantitative estimate of drug-likeness (QED) is 0.912. The lowest BCUT2D eigenvalue weighted by Gasteiger charge is -2.15. The van der Waals surface area contributed by atoms with E-state index in [4.69, 9.17) is 0 Å². The number of hydrogen-bond donors (Lipinski definition) is 2. The van der Waals surface area contributed by atoms with Crippen LogP contribution < -0.4 is 5.32 Å². The molecule has 0 fully saturated rings. The van der Waals surface area contributed by atoms with Crippen molar-refractivity contribution in [3.05, 3.63) is 45.3 Å². The maximum absolute atomic E-state index is 9.32. The van der Waals surface area contributed by atoms with Gasteiger partial charge in [-0.15, -0.1) is 11.3 Å². The molecule has 3 nitrogen and oxygen atoms in total. The normalized spacial score (nSPS) is 12.4. The first-order valence-corrected chi connectivity index (χ1v) is 6.49. The second-order valence-corrected chi connectivity index (χ2v) is 5.10. The second kappa shape index (κ2) is 5.43. The third kappa shape index (κ3) is 2.81. The fourth-order valence-electron chi connectivity index (χ4n) is 1.37. The lowest BCUT2D eigenvalue weighted by Crippen LogP contribution is -2.14. The van der Waals surface area contributed by atoms with Crippen molar-refractivity contribution >= 4 is 33.0 Å².